The molecule has 0 bridgehead atoms. The average Bonchev–Trinajstić information content (AvgIpc) is 3.03. The zero-order chi connectivity index (χ0) is 14.1. The first-order valence-electron chi connectivity index (χ1n) is 6.01. The molecule has 3 aromatic rings. The molecule has 3 aromatic heterocycles. The summed E-state index contributed by atoms with van der Waals surface area (Å²) in [6.07, 6.45) is 3.85. The highest BCUT2D eigenvalue weighted by atomic mass is 32.1. The molecule has 0 spiro atoms. The van der Waals surface area contributed by atoms with Crippen LogP contribution >= 0.6 is 11.3 Å². The van der Waals surface area contributed by atoms with Gasteiger partial charge in [0.25, 0.3) is 0 Å². The van der Waals surface area contributed by atoms with Gasteiger partial charge in [0.05, 0.1) is 5.69 Å². The number of aromatic nitrogens is 2. The van der Waals surface area contributed by atoms with Gasteiger partial charge in [0.15, 0.2) is 0 Å². The molecule has 0 fully saturated rings. The Bertz CT molecular complexity index is 776. The fourth-order valence-corrected chi connectivity index (χ4v) is 2.60. The van der Waals surface area contributed by atoms with Crippen molar-refractivity contribution < 1.29 is 14.6 Å². The molecule has 1 N–H and O–H groups in total. The Balaban J connectivity index is 1.76. The number of hydrogen-bond acceptors (Lipinski definition) is 4. The van der Waals surface area contributed by atoms with Gasteiger partial charge in [-0.3, -0.25) is 0 Å². The largest absolute Gasteiger partial charge is 0.486 e. The predicted octanol–water partition coefficient (Wildman–Crippen LogP) is 2.98. The third kappa shape index (κ3) is 2.37. The van der Waals surface area contributed by atoms with Crippen LogP contribution in [0.2, 0.25) is 0 Å². The summed E-state index contributed by atoms with van der Waals surface area (Å²) >= 11 is 1.15. The Morgan fingerprint density at radius 1 is 1.55 bits per heavy atom. The second kappa shape index (κ2) is 4.97. The number of rotatable bonds is 4. The van der Waals surface area contributed by atoms with Crippen molar-refractivity contribution in [2.45, 2.75) is 13.5 Å². The SMILES string of the molecule is Cc1cccn2cc(COc3csc(C(=O)O)c3)nc12. The molecular weight excluding hydrogens is 276 g/mol. The minimum Gasteiger partial charge on any atom is -0.486 e. The lowest BCUT2D eigenvalue weighted by molar-refractivity contribution is 0.0702. The molecule has 102 valence electrons. The number of pyridine rings is 1. The molecule has 0 aliphatic heterocycles. The van der Waals surface area contributed by atoms with E-state index in [2.05, 4.69) is 4.98 Å². The van der Waals surface area contributed by atoms with Crippen molar-refractivity contribution in [3.05, 3.63) is 52.1 Å². The molecule has 0 unspecified atom stereocenters. The summed E-state index contributed by atoms with van der Waals surface area (Å²) in [5, 5.41) is 10.5. The minimum absolute atomic E-state index is 0.269. The fourth-order valence-electron chi connectivity index (χ4n) is 1.94. The van der Waals surface area contributed by atoms with Crippen molar-refractivity contribution in [1.82, 2.24) is 9.38 Å². The maximum Gasteiger partial charge on any atom is 0.346 e. The topological polar surface area (TPSA) is 63.8 Å². The number of ether oxygens (including phenoxy) is 1. The number of fused-ring (bicyclic) bond motifs is 1. The molecule has 3 rings (SSSR count). The van der Waals surface area contributed by atoms with E-state index in [1.807, 2.05) is 35.9 Å². The van der Waals surface area contributed by atoms with Crippen molar-refractivity contribution in [2.24, 2.45) is 0 Å². The first-order chi connectivity index (χ1) is 9.63. The first-order valence-corrected chi connectivity index (χ1v) is 6.89. The molecular formula is C14H12N2O3S. The van der Waals surface area contributed by atoms with Crippen LogP contribution in [-0.2, 0) is 6.61 Å². The lowest BCUT2D eigenvalue weighted by atomic mass is 10.3. The lowest BCUT2D eigenvalue weighted by Gasteiger charge is -1.99. The van der Waals surface area contributed by atoms with Gasteiger partial charge in [-0.15, -0.1) is 11.3 Å². The van der Waals surface area contributed by atoms with Crippen LogP contribution in [0.15, 0.2) is 36.0 Å². The van der Waals surface area contributed by atoms with Gasteiger partial charge >= 0.3 is 5.97 Å². The van der Waals surface area contributed by atoms with E-state index in [4.69, 9.17) is 9.84 Å². The smallest absolute Gasteiger partial charge is 0.346 e. The number of hydrogen-bond donors (Lipinski definition) is 1. The first kappa shape index (κ1) is 12.7. The van der Waals surface area contributed by atoms with Crippen LogP contribution in [0.3, 0.4) is 0 Å². The van der Waals surface area contributed by atoms with Gasteiger partial charge in [0.1, 0.15) is 22.9 Å². The van der Waals surface area contributed by atoms with Gasteiger partial charge in [0, 0.05) is 23.8 Å². The standard InChI is InChI=1S/C14H12N2O3S/c1-9-3-2-4-16-6-10(15-13(9)16)7-19-11-5-12(14(17)18)20-8-11/h2-6,8H,7H2,1H3,(H,17,18). The van der Waals surface area contributed by atoms with Gasteiger partial charge in [-0.05, 0) is 18.6 Å². The van der Waals surface area contributed by atoms with Gasteiger partial charge in [0.2, 0.25) is 0 Å². The number of aryl methyl sites for hydroxylation is 1. The van der Waals surface area contributed by atoms with Crippen molar-refractivity contribution in [3.8, 4) is 5.75 Å². The number of imidazole rings is 1. The Morgan fingerprint density at radius 3 is 3.10 bits per heavy atom. The van der Waals surface area contributed by atoms with Crippen molar-refractivity contribution in [3.63, 3.8) is 0 Å². The normalized spacial score (nSPS) is 10.8. The third-order valence-corrected chi connectivity index (χ3v) is 3.80. The molecule has 0 saturated carbocycles. The number of thiophene rings is 1. The Kier molecular flexibility index (Phi) is 3.15. The zero-order valence-electron chi connectivity index (χ0n) is 10.7. The van der Waals surface area contributed by atoms with E-state index in [1.165, 1.54) is 6.07 Å². The molecule has 0 saturated heterocycles. The van der Waals surface area contributed by atoms with Gasteiger partial charge in [-0.2, -0.15) is 0 Å². The molecule has 0 radical (unpaired) electrons. The highest BCUT2D eigenvalue weighted by Gasteiger charge is 2.09. The summed E-state index contributed by atoms with van der Waals surface area (Å²) in [5.74, 6) is -0.380. The third-order valence-electron chi connectivity index (χ3n) is 2.90. The van der Waals surface area contributed by atoms with E-state index in [9.17, 15) is 4.79 Å². The van der Waals surface area contributed by atoms with Crippen molar-refractivity contribution in [2.75, 3.05) is 0 Å². The predicted molar refractivity (Wildman–Crippen MR) is 75.5 cm³/mol. The zero-order valence-corrected chi connectivity index (χ0v) is 11.6. The van der Waals surface area contributed by atoms with Crippen LogP contribution in [0.4, 0.5) is 0 Å². The van der Waals surface area contributed by atoms with E-state index in [1.54, 1.807) is 5.38 Å². The summed E-state index contributed by atoms with van der Waals surface area (Å²) in [6, 6.07) is 5.49. The van der Waals surface area contributed by atoms with Crippen LogP contribution < -0.4 is 4.74 Å². The molecule has 3 heterocycles. The lowest BCUT2D eigenvalue weighted by Crippen LogP contribution is -1.95. The number of aromatic carboxylic acids is 1. The quantitative estimate of drug-likeness (QED) is 0.801. The summed E-state index contributed by atoms with van der Waals surface area (Å²) in [7, 11) is 0. The van der Waals surface area contributed by atoms with Crippen LogP contribution in [0.1, 0.15) is 20.9 Å². The molecule has 0 aromatic carbocycles. The number of carboxylic acids is 1. The summed E-state index contributed by atoms with van der Waals surface area (Å²) in [4.78, 5) is 15.5. The minimum atomic E-state index is -0.937. The second-order valence-electron chi connectivity index (χ2n) is 4.39. The van der Waals surface area contributed by atoms with Gasteiger partial charge < -0.3 is 14.2 Å². The van der Waals surface area contributed by atoms with E-state index >= 15 is 0 Å². The Morgan fingerprint density at radius 2 is 2.40 bits per heavy atom. The maximum atomic E-state index is 10.8. The molecule has 0 aliphatic rings. The monoisotopic (exact) mass is 288 g/mol. The van der Waals surface area contributed by atoms with Crippen LogP contribution in [-0.4, -0.2) is 20.5 Å². The molecule has 0 aliphatic carbocycles. The van der Waals surface area contributed by atoms with E-state index in [-0.39, 0.29) is 4.88 Å². The Labute approximate surface area is 119 Å². The summed E-state index contributed by atoms with van der Waals surface area (Å²) in [5.41, 5.74) is 2.81. The number of carboxylic acid groups (broad SMARTS) is 1. The highest BCUT2D eigenvalue weighted by Crippen LogP contribution is 2.22. The molecule has 0 atom stereocenters. The van der Waals surface area contributed by atoms with Gasteiger partial charge in [-0.25, -0.2) is 9.78 Å². The number of carbonyl (C=O) groups is 1. The van der Waals surface area contributed by atoms with E-state index < -0.39 is 5.97 Å². The molecule has 6 heteroatoms. The fraction of sp³-hybridized carbons (Fsp3) is 0.143. The average molecular weight is 288 g/mol. The van der Waals surface area contributed by atoms with Gasteiger partial charge in [-0.1, -0.05) is 6.07 Å². The van der Waals surface area contributed by atoms with E-state index in [0.29, 0.717) is 12.4 Å². The van der Waals surface area contributed by atoms with Crippen LogP contribution in [0.25, 0.3) is 5.65 Å². The molecule has 5 nitrogen and oxygen atoms in total. The van der Waals surface area contributed by atoms with Crippen LogP contribution in [0, 0.1) is 6.92 Å². The summed E-state index contributed by atoms with van der Waals surface area (Å²) in [6.45, 7) is 2.32. The summed E-state index contributed by atoms with van der Waals surface area (Å²) < 4.78 is 7.51. The highest BCUT2D eigenvalue weighted by molar-refractivity contribution is 7.12. The number of nitrogens with zero attached hydrogens (tertiary/aromatic N) is 2. The van der Waals surface area contributed by atoms with Crippen molar-refractivity contribution in [1.29, 1.82) is 0 Å². The second-order valence-corrected chi connectivity index (χ2v) is 5.31. The molecule has 20 heavy (non-hydrogen) atoms. The van der Waals surface area contributed by atoms with Crippen LogP contribution in [0.5, 0.6) is 5.75 Å². The van der Waals surface area contributed by atoms with E-state index in [0.717, 1.165) is 28.2 Å². The maximum absolute atomic E-state index is 10.8. The van der Waals surface area contributed by atoms with Crippen molar-refractivity contribution >= 4 is 23.0 Å². The Hall–Kier alpha value is -2.34. The molecule has 0 amide bonds.